The SMILES string of the molecule is CCCc1cccc(Cl)c1C(=O)O. The van der Waals surface area contributed by atoms with Crippen LogP contribution in [-0.4, -0.2) is 11.1 Å². The highest BCUT2D eigenvalue weighted by molar-refractivity contribution is 6.33. The van der Waals surface area contributed by atoms with Gasteiger partial charge in [0, 0.05) is 0 Å². The quantitative estimate of drug-likeness (QED) is 0.811. The first-order chi connectivity index (χ1) is 6.16. The van der Waals surface area contributed by atoms with Crippen molar-refractivity contribution in [2.45, 2.75) is 19.8 Å². The molecule has 1 rings (SSSR count). The average molecular weight is 199 g/mol. The van der Waals surface area contributed by atoms with Crippen LogP contribution in [0.4, 0.5) is 0 Å². The number of rotatable bonds is 3. The zero-order valence-corrected chi connectivity index (χ0v) is 8.14. The van der Waals surface area contributed by atoms with Crippen LogP contribution in [0.2, 0.25) is 5.02 Å². The van der Waals surface area contributed by atoms with Crippen LogP contribution in [0.25, 0.3) is 0 Å². The maximum Gasteiger partial charge on any atom is 0.337 e. The van der Waals surface area contributed by atoms with E-state index >= 15 is 0 Å². The van der Waals surface area contributed by atoms with Gasteiger partial charge in [-0.2, -0.15) is 0 Å². The molecule has 0 radical (unpaired) electrons. The molecule has 0 aromatic heterocycles. The summed E-state index contributed by atoms with van der Waals surface area (Å²) in [5.74, 6) is -0.950. The Kier molecular flexibility index (Phi) is 3.32. The highest BCUT2D eigenvalue weighted by Gasteiger charge is 2.12. The van der Waals surface area contributed by atoms with Crippen molar-refractivity contribution < 1.29 is 9.90 Å². The van der Waals surface area contributed by atoms with Crippen LogP contribution in [0.1, 0.15) is 29.3 Å². The Morgan fingerprint density at radius 1 is 1.54 bits per heavy atom. The molecule has 1 aromatic carbocycles. The molecule has 0 heterocycles. The number of carbonyl (C=O) groups is 1. The fraction of sp³-hybridized carbons (Fsp3) is 0.300. The van der Waals surface area contributed by atoms with Gasteiger partial charge in [-0.3, -0.25) is 0 Å². The number of carboxylic acids is 1. The van der Waals surface area contributed by atoms with Crippen molar-refractivity contribution in [2.75, 3.05) is 0 Å². The summed E-state index contributed by atoms with van der Waals surface area (Å²) in [6.07, 6.45) is 1.67. The standard InChI is InChI=1S/C10H11ClO2/c1-2-4-7-5-3-6-8(11)9(7)10(12)13/h3,5-6H,2,4H2,1H3,(H,12,13). The summed E-state index contributed by atoms with van der Waals surface area (Å²) in [6.45, 7) is 2.01. The molecule has 0 saturated carbocycles. The smallest absolute Gasteiger partial charge is 0.337 e. The summed E-state index contributed by atoms with van der Waals surface area (Å²) in [4.78, 5) is 10.8. The zero-order valence-electron chi connectivity index (χ0n) is 7.38. The second kappa shape index (κ2) is 4.28. The first-order valence-electron chi connectivity index (χ1n) is 4.17. The highest BCUT2D eigenvalue weighted by Crippen LogP contribution is 2.20. The van der Waals surface area contributed by atoms with Crippen LogP contribution in [-0.2, 0) is 6.42 Å². The van der Waals surface area contributed by atoms with E-state index in [2.05, 4.69) is 0 Å². The van der Waals surface area contributed by atoms with Gasteiger partial charge in [-0.15, -0.1) is 0 Å². The molecule has 0 aliphatic heterocycles. The number of aromatic carboxylic acids is 1. The normalized spacial score (nSPS) is 10.0. The van der Waals surface area contributed by atoms with Gasteiger partial charge < -0.3 is 5.11 Å². The predicted octanol–water partition coefficient (Wildman–Crippen LogP) is 2.99. The van der Waals surface area contributed by atoms with E-state index in [0.29, 0.717) is 5.02 Å². The van der Waals surface area contributed by atoms with Gasteiger partial charge in [0.05, 0.1) is 10.6 Å². The van der Waals surface area contributed by atoms with Crippen molar-refractivity contribution in [3.05, 3.63) is 34.3 Å². The van der Waals surface area contributed by atoms with Gasteiger partial charge in [-0.05, 0) is 18.1 Å². The van der Waals surface area contributed by atoms with E-state index in [-0.39, 0.29) is 5.56 Å². The van der Waals surface area contributed by atoms with E-state index in [1.165, 1.54) is 0 Å². The highest BCUT2D eigenvalue weighted by atomic mass is 35.5. The molecule has 0 unspecified atom stereocenters. The lowest BCUT2D eigenvalue weighted by atomic mass is 10.0. The van der Waals surface area contributed by atoms with Crippen LogP contribution in [0.15, 0.2) is 18.2 Å². The molecule has 0 amide bonds. The lowest BCUT2D eigenvalue weighted by Crippen LogP contribution is -2.03. The van der Waals surface area contributed by atoms with Gasteiger partial charge in [0.1, 0.15) is 0 Å². The molecule has 0 spiro atoms. The van der Waals surface area contributed by atoms with Crippen LogP contribution in [0.5, 0.6) is 0 Å². The molecule has 0 saturated heterocycles. The molecule has 70 valence electrons. The summed E-state index contributed by atoms with van der Waals surface area (Å²) in [7, 11) is 0. The molecule has 0 bridgehead atoms. The topological polar surface area (TPSA) is 37.3 Å². The molecule has 0 aliphatic rings. The molecule has 1 N–H and O–H groups in total. The summed E-state index contributed by atoms with van der Waals surface area (Å²) >= 11 is 5.78. The second-order valence-electron chi connectivity index (χ2n) is 2.83. The van der Waals surface area contributed by atoms with Gasteiger partial charge >= 0.3 is 5.97 Å². The minimum atomic E-state index is -0.950. The van der Waals surface area contributed by atoms with Crippen LogP contribution >= 0.6 is 11.6 Å². The first-order valence-corrected chi connectivity index (χ1v) is 4.55. The molecule has 0 aliphatic carbocycles. The largest absolute Gasteiger partial charge is 0.478 e. The fourth-order valence-corrected chi connectivity index (χ4v) is 1.56. The number of benzene rings is 1. The van der Waals surface area contributed by atoms with Gasteiger partial charge in [-0.25, -0.2) is 4.79 Å². The fourth-order valence-electron chi connectivity index (χ4n) is 1.29. The van der Waals surface area contributed by atoms with E-state index in [9.17, 15) is 4.79 Å². The summed E-state index contributed by atoms with van der Waals surface area (Å²) in [5, 5.41) is 9.21. The zero-order chi connectivity index (χ0) is 9.84. The van der Waals surface area contributed by atoms with Gasteiger partial charge in [0.15, 0.2) is 0 Å². The van der Waals surface area contributed by atoms with Crippen molar-refractivity contribution in [1.82, 2.24) is 0 Å². The van der Waals surface area contributed by atoms with Gasteiger partial charge in [-0.1, -0.05) is 37.1 Å². The van der Waals surface area contributed by atoms with Crippen LogP contribution in [0.3, 0.4) is 0 Å². The number of hydrogen-bond donors (Lipinski definition) is 1. The molecule has 3 heteroatoms. The van der Waals surface area contributed by atoms with E-state index in [1.807, 2.05) is 6.92 Å². The predicted molar refractivity (Wildman–Crippen MR) is 52.4 cm³/mol. The molecule has 2 nitrogen and oxygen atoms in total. The Labute approximate surface area is 82.2 Å². The molecule has 0 fully saturated rings. The monoisotopic (exact) mass is 198 g/mol. The number of carboxylic acid groups (broad SMARTS) is 1. The minimum Gasteiger partial charge on any atom is -0.478 e. The number of halogens is 1. The van der Waals surface area contributed by atoms with E-state index in [1.54, 1.807) is 18.2 Å². The molecular weight excluding hydrogens is 188 g/mol. The Morgan fingerprint density at radius 3 is 2.77 bits per heavy atom. The summed E-state index contributed by atoms with van der Waals surface area (Å²) in [6, 6.07) is 5.18. The lowest BCUT2D eigenvalue weighted by molar-refractivity contribution is 0.0696. The molecule has 0 atom stereocenters. The minimum absolute atomic E-state index is 0.242. The third kappa shape index (κ3) is 2.22. The average Bonchev–Trinajstić information content (AvgIpc) is 2.04. The summed E-state index contributed by atoms with van der Waals surface area (Å²) in [5.41, 5.74) is 1.05. The molecular formula is C10H11ClO2. The van der Waals surface area contributed by atoms with Crippen LogP contribution in [0, 0.1) is 0 Å². The molecule has 13 heavy (non-hydrogen) atoms. The Bertz CT molecular complexity index is 321. The van der Waals surface area contributed by atoms with Crippen molar-refractivity contribution in [2.24, 2.45) is 0 Å². The van der Waals surface area contributed by atoms with Crippen molar-refractivity contribution in [1.29, 1.82) is 0 Å². The summed E-state index contributed by atoms with van der Waals surface area (Å²) < 4.78 is 0. The third-order valence-corrected chi connectivity index (χ3v) is 2.15. The van der Waals surface area contributed by atoms with Gasteiger partial charge in [0.25, 0.3) is 0 Å². The maximum absolute atomic E-state index is 10.8. The lowest BCUT2D eigenvalue weighted by Gasteiger charge is -2.05. The van der Waals surface area contributed by atoms with Crippen molar-refractivity contribution in [3.8, 4) is 0 Å². The Balaban J connectivity index is 3.17. The van der Waals surface area contributed by atoms with Gasteiger partial charge in [0.2, 0.25) is 0 Å². The third-order valence-electron chi connectivity index (χ3n) is 1.83. The van der Waals surface area contributed by atoms with Crippen molar-refractivity contribution in [3.63, 3.8) is 0 Å². The van der Waals surface area contributed by atoms with E-state index < -0.39 is 5.97 Å². The molecule has 1 aromatic rings. The van der Waals surface area contributed by atoms with Crippen LogP contribution < -0.4 is 0 Å². The first kappa shape index (κ1) is 10.1. The second-order valence-corrected chi connectivity index (χ2v) is 3.24. The number of aryl methyl sites for hydroxylation is 1. The van der Waals surface area contributed by atoms with E-state index in [0.717, 1.165) is 18.4 Å². The van der Waals surface area contributed by atoms with E-state index in [4.69, 9.17) is 16.7 Å². The Hall–Kier alpha value is -1.02. The maximum atomic E-state index is 10.8. The Morgan fingerprint density at radius 2 is 2.23 bits per heavy atom. The van der Waals surface area contributed by atoms with Crippen molar-refractivity contribution >= 4 is 17.6 Å². The number of hydrogen-bond acceptors (Lipinski definition) is 1.